The molecule has 6 heteroatoms. The topological polar surface area (TPSA) is 32.8 Å². The SMILES string of the molecule is CCNCCC(C)Sc1ccc2[nH]c(=S)n(C)c2c1Cl. The molecule has 0 bridgehead atoms. The van der Waals surface area contributed by atoms with Crippen LogP contribution in [0.25, 0.3) is 11.0 Å². The van der Waals surface area contributed by atoms with Crippen molar-refractivity contribution in [1.82, 2.24) is 14.9 Å². The van der Waals surface area contributed by atoms with E-state index in [0.29, 0.717) is 10.0 Å². The molecule has 1 heterocycles. The Labute approximate surface area is 134 Å². The molecule has 1 atom stereocenters. The van der Waals surface area contributed by atoms with Gasteiger partial charge in [-0.05, 0) is 43.9 Å². The summed E-state index contributed by atoms with van der Waals surface area (Å²) >= 11 is 13.6. The minimum absolute atomic E-state index is 0.524. The van der Waals surface area contributed by atoms with Crippen LogP contribution in [-0.4, -0.2) is 27.9 Å². The number of benzene rings is 1. The van der Waals surface area contributed by atoms with Gasteiger partial charge in [0, 0.05) is 17.2 Å². The molecular formula is C14H20ClN3S2. The second-order valence-electron chi connectivity index (χ2n) is 4.83. The second kappa shape index (κ2) is 6.98. The number of aromatic amines is 1. The smallest absolute Gasteiger partial charge is 0.177 e. The molecule has 0 saturated carbocycles. The van der Waals surface area contributed by atoms with E-state index in [1.807, 2.05) is 23.4 Å². The Hall–Kier alpha value is -0.490. The Balaban J connectivity index is 2.20. The maximum Gasteiger partial charge on any atom is 0.177 e. The predicted molar refractivity (Wildman–Crippen MR) is 91.6 cm³/mol. The number of halogens is 1. The van der Waals surface area contributed by atoms with Crippen LogP contribution in [0.1, 0.15) is 20.3 Å². The van der Waals surface area contributed by atoms with Crippen molar-refractivity contribution in [3.05, 3.63) is 21.9 Å². The highest BCUT2D eigenvalue weighted by molar-refractivity contribution is 8.00. The van der Waals surface area contributed by atoms with Crippen LogP contribution in [0.3, 0.4) is 0 Å². The van der Waals surface area contributed by atoms with Crippen molar-refractivity contribution in [1.29, 1.82) is 0 Å². The number of nitrogens with one attached hydrogen (secondary N) is 2. The van der Waals surface area contributed by atoms with E-state index in [-0.39, 0.29) is 0 Å². The van der Waals surface area contributed by atoms with Gasteiger partial charge in [0.05, 0.1) is 16.1 Å². The molecule has 1 aromatic carbocycles. The summed E-state index contributed by atoms with van der Waals surface area (Å²) in [6, 6.07) is 4.13. The fourth-order valence-corrected chi connectivity index (χ4v) is 3.77. The van der Waals surface area contributed by atoms with Crippen molar-refractivity contribution in [2.75, 3.05) is 13.1 Å². The maximum absolute atomic E-state index is 6.54. The molecule has 2 rings (SSSR count). The number of H-pyrrole nitrogens is 1. The normalized spacial score (nSPS) is 13.0. The van der Waals surface area contributed by atoms with Gasteiger partial charge in [-0.1, -0.05) is 25.4 Å². The molecule has 2 aromatic rings. The molecule has 1 unspecified atom stereocenters. The summed E-state index contributed by atoms with van der Waals surface area (Å²) in [5.74, 6) is 0. The van der Waals surface area contributed by atoms with Gasteiger partial charge in [0.15, 0.2) is 4.77 Å². The Morgan fingerprint density at radius 1 is 1.50 bits per heavy atom. The number of fused-ring (bicyclic) bond motifs is 1. The van der Waals surface area contributed by atoms with Crippen molar-refractivity contribution in [3.63, 3.8) is 0 Å². The molecule has 0 radical (unpaired) electrons. The Morgan fingerprint density at radius 2 is 2.25 bits per heavy atom. The Bertz CT molecular complexity index is 648. The van der Waals surface area contributed by atoms with Crippen LogP contribution in [0.5, 0.6) is 0 Å². The van der Waals surface area contributed by atoms with Gasteiger partial charge < -0.3 is 14.9 Å². The zero-order chi connectivity index (χ0) is 14.7. The number of hydrogen-bond donors (Lipinski definition) is 2. The van der Waals surface area contributed by atoms with E-state index in [2.05, 4.69) is 36.3 Å². The van der Waals surface area contributed by atoms with Crippen molar-refractivity contribution in [3.8, 4) is 0 Å². The molecule has 20 heavy (non-hydrogen) atoms. The molecular weight excluding hydrogens is 310 g/mol. The van der Waals surface area contributed by atoms with Crippen LogP contribution < -0.4 is 5.32 Å². The van der Waals surface area contributed by atoms with Crippen LogP contribution >= 0.6 is 35.6 Å². The fraction of sp³-hybridized carbons (Fsp3) is 0.500. The molecule has 2 N–H and O–H groups in total. The quantitative estimate of drug-likeness (QED) is 0.469. The van der Waals surface area contributed by atoms with Crippen LogP contribution in [-0.2, 0) is 7.05 Å². The summed E-state index contributed by atoms with van der Waals surface area (Å²) < 4.78 is 2.63. The van der Waals surface area contributed by atoms with Gasteiger partial charge in [0.2, 0.25) is 0 Å². The number of aromatic nitrogens is 2. The molecule has 0 fully saturated rings. The van der Waals surface area contributed by atoms with E-state index in [1.54, 1.807) is 0 Å². The summed E-state index contributed by atoms with van der Waals surface area (Å²) in [5.41, 5.74) is 1.98. The molecule has 0 spiro atoms. The lowest BCUT2D eigenvalue weighted by Crippen LogP contribution is -2.17. The van der Waals surface area contributed by atoms with Gasteiger partial charge in [0.1, 0.15) is 0 Å². The number of aryl methyl sites for hydroxylation is 1. The van der Waals surface area contributed by atoms with E-state index in [9.17, 15) is 0 Å². The number of nitrogens with zero attached hydrogens (tertiary/aromatic N) is 1. The predicted octanol–water partition coefficient (Wildman–Crippen LogP) is 4.37. The zero-order valence-corrected chi connectivity index (χ0v) is 14.4. The number of hydrogen-bond acceptors (Lipinski definition) is 3. The van der Waals surface area contributed by atoms with Crippen LogP contribution in [0.2, 0.25) is 5.02 Å². The first-order valence-corrected chi connectivity index (χ1v) is 8.45. The zero-order valence-electron chi connectivity index (χ0n) is 12.0. The summed E-state index contributed by atoms with van der Waals surface area (Å²) in [4.78, 5) is 4.28. The van der Waals surface area contributed by atoms with Gasteiger partial charge in [-0.2, -0.15) is 0 Å². The van der Waals surface area contributed by atoms with E-state index < -0.39 is 0 Å². The molecule has 0 aliphatic carbocycles. The number of thioether (sulfide) groups is 1. The third-order valence-electron chi connectivity index (χ3n) is 3.27. The Kier molecular flexibility index (Phi) is 5.55. The largest absolute Gasteiger partial charge is 0.331 e. The summed E-state index contributed by atoms with van der Waals surface area (Å²) in [6.45, 7) is 6.42. The van der Waals surface area contributed by atoms with Crippen molar-refractivity contribution in [2.45, 2.75) is 30.4 Å². The van der Waals surface area contributed by atoms with Gasteiger partial charge >= 0.3 is 0 Å². The molecule has 0 amide bonds. The van der Waals surface area contributed by atoms with Gasteiger partial charge in [-0.25, -0.2) is 0 Å². The van der Waals surface area contributed by atoms with E-state index >= 15 is 0 Å². The average molecular weight is 330 g/mol. The van der Waals surface area contributed by atoms with Crippen LogP contribution in [0.4, 0.5) is 0 Å². The lowest BCUT2D eigenvalue weighted by atomic mass is 10.3. The third kappa shape index (κ3) is 3.39. The van der Waals surface area contributed by atoms with Crippen LogP contribution in [0.15, 0.2) is 17.0 Å². The van der Waals surface area contributed by atoms with E-state index in [0.717, 1.165) is 40.5 Å². The van der Waals surface area contributed by atoms with Crippen molar-refractivity contribution >= 4 is 46.6 Å². The van der Waals surface area contributed by atoms with Crippen LogP contribution in [0, 0.1) is 4.77 Å². The van der Waals surface area contributed by atoms with Gasteiger partial charge in [-0.3, -0.25) is 0 Å². The summed E-state index contributed by atoms with van der Waals surface area (Å²) in [7, 11) is 1.94. The third-order valence-corrected chi connectivity index (χ3v) is 5.37. The first kappa shape index (κ1) is 15.9. The van der Waals surface area contributed by atoms with Crippen molar-refractivity contribution in [2.24, 2.45) is 7.05 Å². The molecule has 0 aliphatic rings. The highest BCUT2D eigenvalue weighted by atomic mass is 35.5. The first-order chi connectivity index (χ1) is 9.54. The lowest BCUT2D eigenvalue weighted by Gasteiger charge is -2.13. The van der Waals surface area contributed by atoms with Gasteiger partial charge in [0.25, 0.3) is 0 Å². The minimum atomic E-state index is 0.524. The van der Waals surface area contributed by atoms with Gasteiger partial charge in [-0.15, -0.1) is 11.8 Å². The highest BCUT2D eigenvalue weighted by Crippen LogP contribution is 2.36. The molecule has 0 saturated heterocycles. The molecule has 110 valence electrons. The van der Waals surface area contributed by atoms with Crippen molar-refractivity contribution < 1.29 is 0 Å². The lowest BCUT2D eigenvalue weighted by molar-refractivity contribution is 0.670. The monoisotopic (exact) mass is 329 g/mol. The Morgan fingerprint density at radius 3 is 2.95 bits per heavy atom. The summed E-state index contributed by atoms with van der Waals surface area (Å²) in [5, 5.41) is 4.67. The average Bonchev–Trinajstić information content (AvgIpc) is 2.70. The fourth-order valence-electron chi connectivity index (χ4n) is 2.12. The standard InChI is InChI=1S/C14H20ClN3S2/c1-4-16-8-7-9(2)20-11-6-5-10-13(12(11)15)18(3)14(19)17-10/h5-6,9,16H,4,7-8H2,1-3H3,(H,17,19). The molecule has 1 aromatic heterocycles. The number of imidazole rings is 1. The number of rotatable bonds is 6. The minimum Gasteiger partial charge on any atom is -0.331 e. The summed E-state index contributed by atoms with van der Waals surface area (Å²) in [6.07, 6.45) is 1.12. The second-order valence-corrected chi connectivity index (χ2v) is 7.08. The highest BCUT2D eigenvalue weighted by Gasteiger charge is 2.13. The maximum atomic E-state index is 6.54. The van der Waals surface area contributed by atoms with E-state index in [1.165, 1.54) is 0 Å². The first-order valence-electron chi connectivity index (χ1n) is 6.79. The molecule has 0 aliphatic heterocycles. The van der Waals surface area contributed by atoms with E-state index in [4.69, 9.17) is 23.8 Å². The molecule has 3 nitrogen and oxygen atoms in total.